The predicted octanol–water partition coefficient (Wildman–Crippen LogP) is 3.76. The topological polar surface area (TPSA) is 102 Å². The number of nitrogens with zero attached hydrogens (tertiary/aromatic N) is 3. The molecule has 170 valence electrons. The van der Waals surface area contributed by atoms with Gasteiger partial charge in [-0.1, -0.05) is 38.5 Å². The average molecular weight is 456 g/mol. The highest BCUT2D eigenvalue weighted by atomic mass is 32.1. The van der Waals surface area contributed by atoms with Crippen LogP contribution in [0.4, 0.5) is 5.69 Å². The van der Waals surface area contributed by atoms with Crippen molar-refractivity contribution in [3.05, 3.63) is 80.6 Å². The van der Waals surface area contributed by atoms with Crippen molar-refractivity contribution in [3.8, 4) is 0 Å². The lowest BCUT2D eigenvalue weighted by Gasteiger charge is -2.25. The zero-order chi connectivity index (χ0) is 22.9. The van der Waals surface area contributed by atoms with Crippen LogP contribution in [0.15, 0.2) is 54.3 Å². The molecule has 32 heavy (non-hydrogen) atoms. The van der Waals surface area contributed by atoms with Gasteiger partial charge >= 0.3 is 0 Å². The first kappa shape index (κ1) is 23.6. The maximum Gasteiger partial charge on any atom is 0.269 e. The second kappa shape index (κ2) is 11.5. The van der Waals surface area contributed by atoms with E-state index in [0.29, 0.717) is 19.0 Å². The molecule has 0 radical (unpaired) electrons. The molecule has 0 saturated heterocycles. The molecule has 2 aromatic heterocycles. The Morgan fingerprint density at radius 3 is 2.72 bits per heavy atom. The minimum atomic E-state index is -0.417. The molecule has 3 aromatic rings. The van der Waals surface area contributed by atoms with Crippen LogP contribution in [-0.2, 0) is 24.3 Å². The van der Waals surface area contributed by atoms with Gasteiger partial charge in [-0.3, -0.25) is 14.9 Å². The molecule has 0 bridgehead atoms. The summed E-state index contributed by atoms with van der Waals surface area (Å²) in [5.74, 6) is 0.304. The normalized spacial score (nSPS) is 12.9. The van der Waals surface area contributed by atoms with E-state index >= 15 is 0 Å². The van der Waals surface area contributed by atoms with E-state index in [9.17, 15) is 14.9 Å². The Balaban J connectivity index is 1.56. The second-order valence-electron chi connectivity index (χ2n) is 7.88. The molecule has 0 saturated carbocycles. The molecule has 2 unspecified atom stereocenters. The minimum Gasteiger partial charge on any atom is -0.351 e. The van der Waals surface area contributed by atoms with Crippen LogP contribution < -0.4 is 10.6 Å². The van der Waals surface area contributed by atoms with E-state index in [-0.39, 0.29) is 24.1 Å². The number of nitro benzene ring substituents is 1. The van der Waals surface area contributed by atoms with Crippen molar-refractivity contribution in [1.29, 1.82) is 0 Å². The van der Waals surface area contributed by atoms with Crippen LogP contribution in [0.25, 0.3) is 0 Å². The number of amides is 1. The molecular weight excluding hydrogens is 426 g/mol. The van der Waals surface area contributed by atoms with Crippen molar-refractivity contribution in [2.75, 3.05) is 6.54 Å². The fraction of sp³-hybridized carbons (Fsp3) is 0.391. The fourth-order valence-electron chi connectivity index (χ4n) is 3.42. The van der Waals surface area contributed by atoms with Gasteiger partial charge in [0.1, 0.15) is 0 Å². The van der Waals surface area contributed by atoms with E-state index in [1.54, 1.807) is 36.0 Å². The first-order valence-corrected chi connectivity index (χ1v) is 11.6. The first-order chi connectivity index (χ1) is 15.5. The van der Waals surface area contributed by atoms with Gasteiger partial charge in [-0.15, -0.1) is 11.3 Å². The molecule has 2 heterocycles. The fourth-order valence-corrected chi connectivity index (χ4v) is 4.10. The quantitative estimate of drug-likeness (QED) is 0.320. The first-order valence-electron chi connectivity index (χ1n) is 10.7. The van der Waals surface area contributed by atoms with Crippen LogP contribution >= 0.6 is 11.3 Å². The van der Waals surface area contributed by atoms with Crippen LogP contribution in [0.3, 0.4) is 0 Å². The van der Waals surface area contributed by atoms with E-state index < -0.39 is 4.92 Å². The van der Waals surface area contributed by atoms with E-state index in [2.05, 4.69) is 40.9 Å². The predicted molar refractivity (Wildman–Crippen MR) is 126 cm³/mol. The minimum absolute atomic E-state index is 0.0403. The summed E-state index contributed by atoms with van der Waals surface area (Å²) < 4.78 is 1.90. The summed E-state index contributed by atoms with van der Waals surface area (Å²) >= 11 is 1.72. The Morgan fingerprint density at radius 2 is 2.06 bits per heavy atom. The van der Waals surface area contributed by atoms with Gasteiger partial charge in [-0.25, -0.2) is 4.98 Å². The van der Waals surface area contributed by atoms with Crippen molar-refractivity contribution in [2.45, 2.75) is 45.8 Å². The Bertz CT molecular complexity index is 1000. The average Bonchev–Trinajstić information content (AvgIpc) is 3.45. The van der Waals surface area contributed by atoms with Crippen molar-refractivity contribution >= 4 is 22.9 Å². The van der Waals surface area contributed by atoms with Gasteiger partial charge in [-0.05, 0) is 22.9 Å². The molecule has 0 spiro atoms. The third-order valence-electron chi connectivity index (χ3n) is 5.56. The number of carbonyl (C=O) groups is 1. The van der Waals surface area contributed by atoms with Gasteiger partial charge in [0.05, 0.1) is 17.7 Å². The Morgan fingerprint density at radius 1 is 1.28 bits per heavy atom. The zero-order valence-corrected chi connectivity index (χ0v) is 19.2. The lowest BCUT2D eigenvalue weighted by molar-refractivity contribution is -0.384. The largest absolute Gasteiger partial charge is 0.351 e. The van der Waals surface area contributed by atoms with E-state index in [1.807, 2.05) is 10.6 Å². The van der Waals surface area contributed by atoms with Crippen LogP contribution in [-0.4, -0.2) is 33.0 Å². The van der Waals surface area contributed by atoms with Gasteiger partial charge in [0.25, 0.3) is 5.69 Å². The number of aromatic nitrogens is 2. The molecule has 1 aromatic carbocycles. The SMILES string of the molecule is CCC(C)C(CNCc1cccs1)NC(=O)Cc1cncn1Cc1ccc([N+](=O)[O-])cc1. The van der Waals surface area contributed by atoms with Gasteiger partial charge in [0.2, 0.25) is 5.91 Å². The van der Waals surface area contributed by atoms with Gasteiger partial charge in [0.15, 0.2) is 0 Å². The van der Waals surface area contributed by atoms with E-state index in [0.717, 1.165) is 24.2 Å². The van der Waals surface area contributed by atoms with Crippen LogP contribution in [0, 0.1) is 16.0 Å². The van der Waals surface area contributed by atoms with Crippen molar-refractivity contribution in [2.24, 2.45) is 5.92 Å². The standard InChI is InChI=1S/C23H29N5O3S/c1-3-17(2)22(14-24-13-21-5-4-10-32-21)26-23(29)11-20-12-25-16-27(20)15-18-6-8-19(9-7-18)28(30)31/h4-10,12,16-17,22,24H,3,11,13-15H2,1-2H3,(H,26,29). The molecular formula is C23H29N5O3S. The summed E-state index contributed by atoms with van der Waals surface area (Å²) in [6, 6.07) is 10.6. The molecule has 0 aliphatic heterocycles. The summed E-state index contributed by atoms with van der Waals surface area (Å²) in [4.78, 5) is 28.7. The molecule has 1 amide bonds. The van der Waals surface area contributed by atoms with Crippen LogP contribution in [0.1, 0.15) is 36.4 Å². The number of imidazole rings is 1. The van der Waals surface area contributed by atoms with Gasteiger partial charge in [0, 0.05) is 54.6 Å². The number of nitro groups is 1. The molecule has 0 fully saturated rings. The molecule has 9 heteroatoms. The number of thiophene rings is 1. The Hall–Kier alpha value is -3.04. The summed E-state index contributed by atoms with van der Waals surface area (Å²) in [6.45, 7) is 6.28. The van der Waals surface area contributed by atoms with Crippen molar-refractivity contribution in [3.63, 3.8) is 0 Å². The molecule has 8 nitrogen and oxygen atoms in total. The van der Waals surface area contributed by atoms with Crippen LogP contribution in [0.5, 0.6) is 0 Å². The number of carbonyl (C=O) groups excluding carboxylic acids is 1. The number of hydrogen-bond donors (Lipinski definition) is 2. The monoisotopic (exact) mass is 455 g/mol. The lowest BCUT2D eigenvalue weighted by Crippen LogP contribution is -2.46. The van der Waals surface area contributed by atoms with Crippen molar-refractivity contribution in [1.82, 2.24) is 20.2 Å². The maximum atomic E-state index is 12.8. The maximum absolute atomic E-state index is 12.8. The second-order valence-corrected chi connectivity index (χ2v) is 8.92. The number of nitrogens with one attached hydrogen (secondary N) is 2. The summed E-state index contributed by atoms with van der Waals surface area (Å²) in [6.07, 6.45) is 4.57. The van der Waals surface area contributed by atoms with Gasteiger partial charge < -0.3 is 15.2 Å². The Labute approximate surface area is 191 Å². The molecule has 2 N–H and O–H groups in total. The van der Waals surface area contributed by atoms with E-state index in [1.165, 1.54) is 17.0 Å². The van der Waals surface area contributed by atoms with Crippen molar-refractivity contribution < 1.29 is 9.72 Å². The lowest BCUT2D eigenvalue weighted by atomic mass is 9.98. The van der Waals surface area contributed by atoms with E-state index in [4.69, 9.17) is 0 Å². The highest BCUT2D eigenvalue weighted by molar-refractivity contribution is 7.09. The third-order valence-corrected chi connectivity index (χ3v) is 6.44. The summed E-state index contributed by atoms with van der Waals surface area (Å²) in [5, 5.41) is 19.5. The summed E-state index contributed by atoms with van der Waals surface area (Å²) in [7, 11) is 0. The molecule has 2 atom stereocenters. The summed E-state index contributed by atoms with van der Waals surface area (Å²) in [5.41, 5.74) is 1.77. The number of non-ortho nitro benzene ring substituents is 1. The molecule has 0 aliphatic rings. The molecule has 0 aliphatic carbocycles. The highest BCUT2D eigenvalue weighted by Gasteiger charge is 2.19. The van der Waals surface area contributed by atoms with Crippen LogP contribution in [0.2, 0.25) is 0 Å². The van der Waals surface area contributed by atoms with Gasteiger partial charge in [-0.2, -0.15) is 0 Å². The number of rotatable bonds is 12. The number of hydrogen-bond acceptors (Lipinski definition) is 6. The number of benzene rings is 1. The Kier molecular flexibility index (Phi) is 8.52. The third kappa shape index (κ3) is 6.73. The highest BCUT2D eigenvalue weighted by Crippen LogP contribution is 2.14. The molecule has 3 rings (SSSR count). The zero-order valence-electron chi connectivity index (χ0n) is 18.4. The smallest absolute Gasteiger partial charge is 0.269 e.